The summed E-state index contributed by atoms with van der Waals surface area (Å²) in [6.45, 7) is 3.98. The highest BCUT2D eigenvalue weighted by Gasteiger charge is 2.22. The molecule has 2 aromatic rings. The van der Waals surface area contributed by atoms with Gasteiger partial charge in [0.15, 0.2) is 5.65 Å². The van der Waals surface area contributed by atoms with Crippen molar-refractivity contribution in [1.29, 1.82) is 0 Å². The lowest BCUT2D eigenvalue weighted by Crippen LogP contribution is -2.47. The zero-order valence-corrected chi connectivity index (χ0v) is 12.7. The van der Waals surface area contributed by atoms with Gasteiger partial charge in [0.25, 0.3) is 0 Å². The lowest BCUT2D eigenvalue weighted by atomic mass is 10.1. The van der Waals surface area contributed by atoms with E-state index in [2.05, 4.69) is 25.1 Å². The standard InChI is InChI=1S/C11H18N6O2S/c1-11(2,16-20(4,18)19)6-12-9-8-5-15-17(3)10(8)14-7-13-9/h5,7,16H,6H2,1-4H3,(H,12,13,14). The van der Waals surface area contributed by atoms with Crippen molar-refractivity contribution in [2.75, 3.05) is 18.1 Å². The first-order chi connectivity index (χ1) is 9.18. The maximum Gasteiger partial charge on any atom is 0.209 e. The lowest BCUT2D eigenvalue weighted by Gasteiger charge is -2.25. The van der Waals surface area contributed by atoms with Crippen LogP contribution in [0.5, 0.6) is 0 Å². The van der Waals surface area contributed by atoms with Gasteiger partial charge in [-0.2, -0.15) is 5.10 Å². The van der Waals surface area contributed by atoms with Crippen LogP contribution in [0.2, 0.25) is 0 Å². The highest BCUT2D eigenvalue weighted by Crippen LogP contribution is 2.18. The summed E-state index contributed by atoms with van der Waals surface area (Å²) in [4.78, 5) is 8.31. The minimum absolute atomic E-state index is 0.390. The Morgan fingerprint density at radius 2 is 2.05 bits per heavy atom. The second-order valence-electron chi connectivity index (χ2n) is 5.34. The average Bonchev–Trinajstić information content (AvgIpc) is 2.66. The van der Waals surface area contributed by atoms with Gasteiger partial charge in [-0.15, -0.1) is 0 Å². The lowest BCUT2D eigenvalue weighted by molar-refractivity contribution is 0.476. The molecule has 20 heavy (non-hydrogen) atoms. The Morgan fingerprint density at radius 3 is 2.70 bits per heavy atom. The van der Waals surface area contributed by atoms with Gasteiger partial charge < -0.3 is 5.32 Å². The van der Waals surface area contributed by atoms with Crippen LogP contribution in [-0.4, -0.2) is 46.5 Å². The number of nitrogens with zero attached hydrogens (tertiary/aromatic N) is 4. The number of aryl methyl sites for hydroxylation is 1. The molecule has 0 aromatic carbocycles. The van der Waals surface area contributed by atoms with E-state index in [4.69, 9.17) is 0 Å². The summed E-state index contributed by atoms with van der Waals surface area (Å²) < 4.78 is 26.8. The normalized spacial score (nSPS) is 12.8. The molecular formula is C11H18N6O2S. The Morgan fingerprint density at radius 1 is 1.35 bits per heavy atom. The first-order valence-corrected chi connectivity index (χ1v) is 7.93. The first-order valence-electron chi connectivity index (χ1n) is 6.03. The summed E-state index contributed by atoms with van der Waals surface area (Å²) in [6, 6.07) is 0. The van der Waals surface area contributed by atoms with E-state index >= 15 is 0 Å². The number of hydrogen-bond donors (Lipinski definition) is 2. The molecule has 0 aliphatic heterocycles. The summed E-state index contributed by atoms with van der Waals surface area (Å²) in [5.74, 6) is 0.631. The van der Waals surface area contributed by atoms with E-state index in [0.29, 0.717) is 12.4 Å². The van der Waals surface area contributed by atoms with Gasteiger partial charge in [-0.1, -0.05) is 0 Å². The van der Waals surface area contributed by atoms with Crippen molar-refractivity contribution in [3.8, 4) is 0 Å². The van der Waals surface area contributed by atoms with Crippen molar-refractivity contribution in [3.05, 3.63) is 12.5 Å². The molecule has 0 unspecified atom stereocenters. The van der Waals surface area contributed by atoms with Crippen LogP contribution in [-0.2, 0) is 17.1 Å². The van der Waals surface area contributed by atoms with Crippen molar-refractivity contribution in [2.45, 2.75) is 19.4 Å². The largest absolute Gasteiger partial charge is 0.367 e. The van der Waals surface area contributed by atoms with Gasteiger partial charge in [0.2, 0.25) is 10.0 Å². The summed E-state index contributed by atoms with van der Waals surface area (Å²) in [5.41, 5.74) is 0.0870. The summed E-state index contributed by atoms with van der Waals surface area (Å²) in [7, 11) is -1.46. The number of nitrogens with one attached hydrogen (secondary N) is 2. The quantitative estimate of drug-likeness (QED) is 0.812. The van der Waals surface area contributed by atoms with Gasteiger partial charge in [0.05, 0.1) is 17.8 Å². The second-order valence-corrected chi connectivity index (χ2v) is 7.09. The predicted octanol–water partition coefficient (Wildman–Crippen LogP) is 0.103. The zero-order chi connectivity index (χ0) is 15.0. The van der Waals surface area contributed by atoms with Gasteiger partial charge in [-0.05, 0) is 13.8 Å². The highest BCUT2D eigenvalue weighted by molar-refractivity contribution is 7.88. The summed E-state index contributed by atoms with van der Waals surface area (Å²) >= 11 is 0. The maximum absolute atomic E-state index is 11.3. The Labute approximate surface area is 117 Å². The molecule has 9 heteroatoms. The molecule has 0 saturated heterocycles. The van der Waals surface area contributed by atoms with Crippen molar-refractivity contribution in [2.24, 2.45) is 7.05 Å². The van der Waals surface area contributed by atoms with E-state index < -0.39 is 15.6 Å². The van der Waals surface area contributed by atoms with E-state index in [1.807, 2.05) is 0 Å². The average molecular weight is 298 g/mol. The van der Waals surface area contributed by atoms with E-state index in [1.165, 1.54) is 6.33 Å². The molecule has 2 aromatic heterocycles. The van der Waals surface area contributed by atoms with Crippen molar-refractivity contribution in [3.63, 3.8) is 0 Å². The molecule has 0 fully saturated rings. The number of fused-ring (bicyclic) bond motifs is 1. The predicted molar refractivity (Wildman–Crippen MR) is 76.9 cm³/mol. The van der Waals surface area contributed by atoms with Crippen LogP contribution in [0.1, 0.15) is 13.8 Å². The SMILES string of the molecule is Cn1ncc2c(NCC(C)(C)NS(C)(=O)=O)ncnc21. The molecule has 0 saturated carbocycles. The van der Waals surface area contributed by atoms with Crippen molar-refractivity contribution >= 4 is 26.9 Å². The molecule has 0 spiro atoms. The molecule has 8 nitrogen and oxygen atoms in total. The van der Waals surface area contributed by atoms with Gasteiger partial charge in [0, 0.05) is 19.1 Å². The third-order valence-electron chi connectivity index (χ3n) is 2.69. The Bertz CT molecular complexity index is 722. The molecule has 110 valence electrons. The van der Waals surface area contributed by atoms with Crippen LogP contribution < -0.4 is 10.0 Å². The molecule has 0 aliphatic rings. The third kappa shape index (κ3) is 3.42. The van der Waals surface area contributed by atoms with Gasteiger partial charge in [-0.3, -0.25) is 4.68 Å². The number of hydrogen-bond acceptors (Lipinski definition) is 6. The minimum Gasteiger partial charge on any atom is -0.367 e. The highest BCUT2D eigenvalue weighted by atomic mass is 32.2. The number of anilines is 1. The second kappa shape index (κ2) is 4.98. The van der Waals surface area contributed by atoms with Crippen LogP contribution in [0.3, 0.4) is 0 Å². The Balaban J connectivity index is 2.17. The maximum atomic E-state index is 11.3. The van der Waals surface area contributed by atoms with Crippen LogP contribution in [0.25, 0.3) is 11.0 Å². The van der Waals surface area contributed by atoms with Gasteiger partial charge in [-0.25, -0.2) is 23.1 Å². The van der Waals surface area contributed by atoms with E-state index in [0.717, 1.165) is 17.3 Å². The summed E-state index contributed by atoms with van der Waals surface area (Å²) in [5, 5.41) is 8.05. The van der Waals surface area contributed by atoms with Crippen LogP contribution in [0, 0.1) is 0 Å². The molecule has 0 amide bonds. The van der Waals surface area contributed by atoms with Crippen molar-refractivity contribution in [1.82, 2.24) is 24.5 Å². The number of aromatic nitrogens is 4. The fourth-order valence-electron chi connectivity index (χ4n) is 1.95. The molecule has 2 N–H and O–H groups in total. The first kappa shape index (κ1) is 14.7. The van der Waals surface area contributed by atoms with Crippen LogP contribution >= 0.6 is 0 Å². The molecular weight excluding hydrogens is 280 g/mol. The molecule has 2 heterocycles. The van der Waals surface area contributed by atoms with Gasteiger partial charge in [0.1, 0.15) is 12.1 Å². The number of rotatable bonds is 5. The molecule has 2 rings (SSSR count). The monoisotopic (exact) mass is 298 g/mol. The topological polar surface area (TPSA) is 102 Å². The molecule has 0 radical (unpaired) electrons. The van der Waals surface area contributed by atoms with Crippen LogP contribution in [0.4, 0.5) is 5.82 Å². The van der Waals surface area contributed by atoms with Crippen LogP contribution in [0.15, 0.2) is 12.5 Å². The minimum atomic E-state index is -3.26. The molecule has 0 atom stereocenters. The Hall–Kier alpha value is -1.74. The van der Waals surface area contributed by atoms with E-state index in [9.17, 15) is 8.42 Å². The number of sulfonamides is 1. The van der Waals surface area contributed by atoms with E-state index in [1.54, 1.807) is 31.8 Å². The fraction of sp³-hybridized carbons (Fsp3) is 0.545. The van der Waals surface area contributed by atoms with Gasteiger partial charge >= 0.3 is 0 Å². The summed E-state index contributed by atoms with van der Waals surface area (Å²) in [6.07, 6.45) is 4.26. The zero-order valence-electron chi connectivity index (χ0n) is 11.9. The van der Waals surface area contributed by atoms with Crippen molar-refractivity contribution < 1.29 is 8.42 Å². The third-order valence-corrected chi connectivity index (χ3v) is 3.61. The fourth-order valence-corrected chi connectivity index (χ4v) is 3.02. The molecule has 0 aliphatic carbocycles. The Kier molecular flexibility index (Phi) is 3.65. The smallest absolute Gasteiger partial charge is 0.209 e. The molecule has 0 bridgehead atoms. The van der Waals surface area contributed by atoms with E-state index in [-0.39, 0.29) is 0 Å².